The van der Waals surface area contributed by atoms with Gasteiger partial charge in [0.15, 0.2) is 29.3 Å². The van der Waals surface area contributed by atoms with Crippen LogP contribution in [0.4, 0.5) is 0 Å². The number of hydrogen-bond donors (Lipinski definition) is 0. The molecule has 6 nitrogen and oxygen atoms in total. The Morgan fingerprint density at radius 1 is 0.828 bits per heavy atom. The minimum atomic E-state index is -0.723. The van der Waals surface area contributed by atoms with Crippen LogP contribution in [0, 0.1) is 5.92 Å². The van der Waals surface area contributed by atoms with Crippen LogP contribution in [0.25, 0.3) is 0 Å². The van der Waals surface area contributed by atoms with E-state index in [9.17, 15) is 0 Å². The van der Waals surface area contributed by atoms with Crippen molar-refractivity contribution in [1.29, 1.82) is 0 Å². The molecule has 3 rings (SSSR count). The van der Waals surface area contributed by atoms with Crippen molar-refractivity contribution < 1.29 is 28.4 Å². The molecule has 1 aliphatic rings. The number of rotatable bonds is 8. The third-order valence-electron chi connectivity index (χ3n) is 5.53. The molecule has 1 saturated heterocycles. The molecule has 0 radical (unpaired) electrons. The molecular weight excluding hydrogens is 372 g/mol. The molecule has 0 aromatic heterocycles. The zero-order chi connectivity index (χ0) is 21.0. The zero-order valence-corrected chi connectivity index (χ0v) is 18.0. The van der Waals surface area contributed by atoms with E-state index in [0.29, 0.717) is 29.6 Å². The fraction of sp³-hybridized carbons (Fsp3) is 0.478. The lowest BCUT2D eigenvalue weighted by atomic mass is 9.77. The van der Waals surface area contributed by atoms with Crippen molar-refractivity contribution in [3.63, 3.8) is 0 Å². The molecule has 2 aromatic rings. The van der Waals surface area contributed by atoms with E-state index in [-0.39, 0.29) is 12.2 Å². The van der Waals surface area contributed by atoms with Crippen LogP contribution in [0.15, 0.2) is 36.4 Å². The first-order valence-corrected chi connectivity index (χ1v) is 9.78. The summed E-state index contributed by atoms with van der Waals surface area (Å²) in [4.78, 5) is 0. The summed E-state index contributed by atoms with van der Waals surface area (Å²) in [6, 6.07) is 11.8. The van der Waals surface area contributed by atoms with Gasteiger partial charge in [-0.15, -0.1) is 0 Å². The summed E-state index contributed by atoms with van der Waals surface area (Å²) < 4.78 is 34.4. The van der Waals surface area contributed by atoms with Crippen molar-refractivity contribution >= 4 is 0 Å². The van der Waals surface area contributed by atoms with Crippen LogP contribution in [0.1, 0.15) is 31.4 Å². The Kier molecular flexibility index (Phi) is 6.55. The van der Waals surface area contributed by atoms with E-state index in [1.807, 2.05) is 43.3 Å². The molecule has 0 N–H and O–H groups in total. The number of hydrogen-bond acceptors (Lipinski definition) is 6. The van der Waals surface area contributed by atoms with E-state index < -0.39 is 5.60 Å². The summed E-state index contributed by atoms with van der Waals surface area (Å²) in [5.74, 6) is 2.80. The molecule has 0 saturated carbocycles. The summed E-state index contributed by atoms with van der Waals surface area (Å²) in [6.07, 6.45) is 0.479. The first kappa shape index (κ1) is 21.3. The van der Waals surface area contributed by atoms with Crippen LogP contribution >= 0.6 is 0 Å². The molecule has 6 heteroatoms. The van der Waals surface area contributed by atoms with Crippen LogP contribution in [-0.4, -0.2) is 41.3 Å². The number of ether oxygens (including phenoxy) is 6. The largest absolute Gasteiger partial charge is 0.493 e. The van der Waals surface area contributed by atoms with Crippen LogP contribution in [0.5, 0.6) is 23.0 Å². The maximum atomic E-state index is 6.60. The van der Waals surface area contributed by atoms with Gasteiger partial charge in [-0.05, 0) is 48.2 Å². The maximum Gasteiger partial charge on any atom is 0.161 e. The fourth-order valence-corrected chi connectivity index (χ4v) is 4.12. The zero-order valence-electron chi connectivity index (χ0n) is 18.0. The highest BCUT2D eigenvalue weighted by molar-refractivity contribution is 5.52. The second-order valence-electron chi connectivity index (χ2n) is 7.01. The molecule has 1 heterocycles. The van der Waals surface area contributed by atoms with Crippen LogP contribution < -0.4 is 18.9 Å². The quantitative estimate of drug-likeness (QED) is 0.653. The Labute approximate surface area is 172 Å². The van der Waals surface area contributed by atoms with Gasteiger partial charge in [0.2, 0.25) is 0 Å². The van der Waals surface area contributed by atoms with Crippen molar-refractivity contribution in [2.24, 2.45) is 5.92 Å². The fourth-order valence-electron chi connectivity index (χ4n) is 4.12. The lowest BCUT2D eigenvalue weighted by molar-refractivity contribution is -0.159. The predicted octanol–water partition coefficient (Wildman–Crippen LogP) is 4.38. The smallest absolute Gasteiger partial charge is 0.161 e. The Bertz CT molecular complexity index is 779. The van der Waals surface area contributed by atoms with E-state index in [4.69, 9.17) is 28.4 Å². The van der Waals surface area contributed by atoms with Crippen molar-refractivity contribution in [2.75, 3.05) is 35.0 Å². The first-order chi connectivity index (χ1) is 14.0. The van der Waals surface area contributed by atoms with Crippen molar-refractivity contribution in [3.05, 3.63) is 47.5 Å². The summed E-state index contributed by atoms with van der Waals surface area (Å²) in [6.45, 7) is 4.73. The van der Waals surface area contributed by atoms with Crippen molar-refractivity contribution in [2.45, 2.75) is 32.2 Å². The second kappa shape index (κ2) is 8.93. The molecule has 0 aliphatic carbocycles. The third-order valence-corrected chi connectivity index (χ3v) is 5.53. The number of methoxy groups -OCH3 is 4. The Balaban J connectivity index is 2.19. The van der Waals surface area contributed by atoms with Gasteiger partial charge in [-0.1, -0.05) is 19.1 Å². The standard InChI is InChI=1S/C23H30O6/c1-7-28-22-12-15(2)23(29-22,16-8-10-18(24-3)20(13-16)26-5)17-9-11-19(25-4)21(14-17)27-6/h8-11,13-15,22H,7,12H2,1-6H3. The minimum absolute atomic E-state index is 0.148. The average molecular weight is 402 g/mol. The molecule has 2 unspecified atom stereocenters. The molecule has 2 atom stereocenters. The van der Waals surface area contributed by atoms with Gasteiger partial charge in [-0.25, -0.2) is 0 Å². The van der Waals surface area contributed by atoms with E-state index in [1.165, 1.54) is 0 Å². The minimum Gasteiger partial charge on any atom is -0.493 e. The van der Waals surface area contributed by atoms with Gasteiger partial charge in [0.1, 0.15) is 5.60 Å². The van der Waals surface area contributed by atoms with Gasteiger partial charge in [-0.3, -0.25) is 0 Å². The topological polar surface area (TPSA) is 55.4 Å². The normalized spacial score (nSPS) is 20.3. The molecule has 0 spiro atoms. The molecule has 29 heavy (non-hydrogen) atoms. The third kappa shape index (κ3) is 3.74. The molecule has 0 bridgehead atoms. The first-order valence-electron chi connectivity index (χ1n) is 9.78. The molecule has 1 fully saturated rings. The summed E-state index contributed by atoms with van der Waals surface area (Å²) in [7, 11) is 6.52. The highest BCUT2D eigenvalue weighted by Crippen LogP contribution is 2.51. The van der Waals surface area contributed by atoms with Gasteiger partial charge in [-0.2, -0.15) is 0 Å². The van der Waals surface area contributed by atoms with E-state index >= 15 is 0 Å². The highest BCUT2D eigenvalue weighted by Gasteiger charge is 2.50. The van der Waals surface area contributed by atoms with Crippen molar-refractivity contribution in [1.82, 2.24) is 0 Å². The van der Waals surface area contributed by atoms with Crippen LogP contribution in [0.3, 0.4) is 0 Å². The van der Waals surface area contributed by atoms with E-state index in [1.54, 1.807) is 28.4 Å². The number of benzene rings is 2. The maximum absolute atomic E-state index is 6.60. The average Bonchev–Trinajstić information content (AvgIpc) is 3.09. The van der Waals surface area contributed by atoms with Gasteiger partial charge < -0.3 is 28.4 Å². The highest BCUT2D eigenvalue weighted by atomic mass is 16.7. The van der Waals surface area contributed by atoms with Gasteiger partial charge in [0.05, 0.1) is 28.4 Å². The molecular formula is C23H30O6. The Morgan fingerprint density at radius 2 is 1.31 bits per heavy atom. The monoisotopic (exact) mass is 402 g/mol. The summed E-state index contributed by atoms with van der Waals surface area (Å²) >= 11 is 0. The second-order valence-corrected chi connectivity index (χ2v) is 7.01. The van der Waals surface area contributed by atoms with Crippen LogP contribution in [-0.2, 0) is 15.1 Å². The van der Waals surface area contributed by atoms with Gasteiger partial charge in [0.25, 0.3) is 0 Å². The Morgan fingerprint density at radius 3 is 1.72 bits per heavy atom. The predicted molar refractivity (Wildman–Crippen MR) is 110 cm³/mol. The van der Waals surface area contributed by atoms with E-state index in [0.717, 1.165) is 17.5 Å². The van der Waals surface area contributed by atoms with Crippen LogP contribution in [0.2, 0.25) is 0 Å². The molecule has 1 aliphatic heterocycles. The summed E-state index contributed by atoms with van der Waals surface area (Å²) in [5.41, 5.74) is 1.22. The van der Waals surface area contributed by atoms with Gasteiger partial charge >= 0.3 is 0 Å². The molecule has 2 aromatic carbocycles. The SMILES string of the molecule is CCOC1CC(C)C(c2ccc(OC)c(OC)c2)(c2ccc(OC)c(OC)c2)O1. The van der Waals surface area contributed by atoms with Gasteiger partial charge in [0, 0.05) is 13.0 Å². The van der Waals surface area contributed by atoms with Crippen molar-refractivity contribution in [3.8, 4) is 23.0 Å². The summed E-state index contributed by atoms with van der Waals surface area (Å²) in [5, 5.41) is 0. The van der Waals surface area contributed by atoms with E-state index in [2.05, 4.69) is 6.92 Å². The lowest BCUT2D eigenvalue weighted by Crippen LogP contribution is -2.33. The lowest BCUT2D eigenvalue weighted by Gasteiger charge is -2.35. The molecule has 158 valence electrons. The molecule has 0 amide bonds. The Hall–Kier alpha value is -2.44.